The molecule has 0 aromatic heterocycles. The molecule has 1 saturated heterocycles. The summed E-state index contributed by atoms with van der Waals surface area (Å²) < 4.78 is 14.7. The van der Waals surface area contributed by atoms with E-state index in [4.69, 9.17) is 16.6 Å². The van der Waals surface area contributed by atoms with Gasteiger partial charge in [-0.05, 0) is 19.1 Å². The van der Waals surface area contributed by atoms with Crippen molar-refractivity contribution < 1.29 is 14.0 Å². The second kappa shape index (κ2) is 12.2. The van der Waals surface area contributed by atoms with Crippen LogP contribution in [-0.4, -0.2) is 87.7 Å². The number of anilines is 3. The summed E-state index contributed by atoms with van der Waals surface area (Å²) >= 11 is 6.25. The molecule has 2 N–H and O–H groups in total. The number of nitrogens with one attached hydrogen (secondary N) is 2. The number of carbonyl (C=O) groups is 2. The molecule has 1 aliphatic rings. The Labute approximate surface area is 217 Å². The van der Waals surface area contributed by atoms with Crippen molar-refractivity contribution in [1.82, 2.24) is 9.80 Å². The number of benzene rings is 2. The molecule has 1 heterocycles. The van der Waals surface area contributed by atoms with Crippen LogP contribution in [0.3, 0.4) is 0 Å². The number of piperazine rings is 1. The highest BCUT2D eigenvalue weighted by atomic mass is 35.5. The molecule has 0 radical (unpaired) electrons. The Morgan fingerprint density at radius 3 is 2.39 bits per heavy atom. The smallest absolute Gasteiger partial charge is 0.255 e. The lowest BCUT2D eigenvalue weighted by Gasteiger charge is -2.36. The number of rotatable bonds is 8. The van der Waals surface area contributed by atoms with Crippen LogP contribution in [0.4, 0.5) is 21.5 Å². The van der Waals surface area contributed by atoms with E-state index in [1.165, 1.54) is 13.0 Å². The Morgan fingerprint density at radius 2 is 1.78 bits per heavy atom. The fraction of sp³-hybridized carbons (Fsp3) is 0.423. The Hall–Kier alpha value is -3.17. The van der Waals surface area contributed by atoms with Gasteiger partial charge in [0.15, 0.2) is 0 Å². The maximum Gasteiger partial charge on any atom is 0.255 e. The molecule has 2 amide bonds. The topological polar surface area (TPSA) is 80.3 Å². The molecule has 0 saturated carbocycles. The third kappa shape index (κ3) is 6.53. The third-order valence-corrected chi connectivity index (χ3v) is 6.48. The number of hydrogen-bond acceptors (Lipinski definition) is 6. The fourth-order valence-corrected chi connectivity index (χ4v) is 4.47. The van der Waals surface area contributed by atoms with Crippen molar-refractivity contribution in [2.24, 2.45) is 4.99 Å². The van der Waals surface area contributed by atoms with Crippen molar-refractivity contribution in [1.29, 1.82) is 0 Å². The molecule has 36 heavy (non-hydrogen) atoms. The summed E-state index contributed by atoms with van der Waals surface area (Å²) in [6, 6.07) is 8.49. The van der Waals surface area contributed by atoms with Crippen molar-refractivity contribution in [3.8, 4) is 0 Å². The molecule has 8 nitrogen and oxygen atoms in total. The van der Waals surface area contributed by atoms with Crippen LogP contribution in [-0.2, 0) is 4.79 Å². The maximum absolute atomic E-state index is 14.7. The standard InChI is InChI=1S/C26H34ClFN6O2/c1-17(19-7-6-8-20(25(19)29-3)26(36)32(4)5)30-9-10-33-11-13-34(14-12-33)24-15-21(27)23(16-22(24)28)31-18(2)35/h6-8,15-16,29H,9-14H2,1-5H3,(H,31,35). The molecule has 0 unspecified atom stereocenters. The third-order valence-electron chi connectivity index (χ3n) is 6.17. The van der Waals surface area contributed by atoms with Gasteiger partial charge in [-0.2, -0.15) is 0 Å². The number of para-hydroxylation sites is 1. The Morgan fingerprint density at radius 1 is 1.11 bits per heavy atom. The van der Waals surface area contributed by atoms with Gasteiger partial charge in [-0.1, -0.05) is 23.7 Å². The summed E-state index contributed by atoms with van der Waals surface area (Å²) in [6.07, 6.45) is 0. The molecule has 10 heteroatoms. The minimum Gasteiger partial charge on any atom is -0.387 e. The largest absolute Gasteiger partial charge is 0.387 e. The van der Waals surface area contributed by atoms with Crippen molar-refractivity contribution in [3.63, 3.8) is 0 Å². The van der Waals surface area contributed by atoms with E-state index in [0.29, 0.717) is 35.9 Å². The van der Waals surface area contributed by atoms with Gasteiger partial charge in [0.05, 0.1) is 34.2 Å². The molecule has 0 atom stereocenters. The first-order chi connectivity index (χ1) is 17.1. The van der Waals surface area contributed by atoms with Gasteiger partial charge in [-0.25, -0.2) is 4.39 Å². The summed E-state index contributed by atoms with van der Waals surface area (Å²) in [6.45, 7) is 7.57. The lowest BCUT2D eigenvalue weighted by atomic mass is 10.0. The normalized spacial score (nSPS) is 14.5. The maximum atomic E-state index is 14.7. The zero-order valence-corrected chi connectivity index (χ0v) is 22.2. The first-order valence-electron chi connectivity index (χ1n) is 11.9. The van der Waals surface area contributed by atoms with Crippen molar-refractivity contribution in [2.75, 3.05) is 75.9 Å². The summed E-state index contributed by atoms with van der Waals surface area (Å²) in [7, 11) is 5.28. The minimum atomic E-state index is -0.410. The molecule has 0 spiro atoms. The molecule has 2 aromatic rings. The average molecular weight is 517 g/mol. The highest BCUT2D eigenvalue weighted by Crippen LogP contribution is 2.31. The lowest BCUT2D eigenvalue weighted by Crippen LogP contribution is -2.47. The van der Waals surface area contributed by atoms with E-state index >= 15 is 0 Å². The zero-order chi connectivity index (χ0) is 26.4. The SMILES string of the molecule is CNc1c(C(=O)N(C)C)cccc1C(C)=NCCN1CCN(c2cc(Cl)c(NC(C)=O)cc2F)CC1. The van der Waals surface area contributed by atoms with Gasteiger partial charge in [-0.3, -0.25) is 19.5 Å². The number of amides is 2. The monoisotopic (exact) mass is 516 g/mol. The number of hydrogen-bond donors (Lipinski definition) is 2. The van der Waals surface area contributed by atoms with Gasteiger partial charge in [0, 0.05) is 78.1 Å². The van der Waals surface area contributed by atoms with E-state index in [2.05, 4.69) is 15.5 Å². The van der Waals surface area contributed by atoms with Gasteiger partial charge in [0.25, 0.3) is 5.91 Å². The van der Waals surface area contributed by atoms with Crippen LogP contribution in [0.25, 0.3) is 0 Å². The fourth-order valence-electron chi connectivity index (χ4n) is 4.26. The zero-order valence-electron chi connectivity index (χ0n) is 21.5. The van der Waals surface area contributed by atoms with E-state index in [1.54, 1.807) is 32.1 Å². The molecule has 194 valence electrons. The highest BCUT2D eigenvalue weighted by Gasteiger charge is 2.21. The molecule has 3 rings (SSSR count). The van der Waals surface area contributed by atoms with Crippen LogP contribution in [0.1, 0.15) is 29.8 Å². The first-order valence-corrected chi connectivity index (χ1v) is 12.3. The number of aliphatic imine (C=N–C) groups is 1. The van der Waals surface area contributed by atoms with E-state index in [9.17, 15) is 14.0 Å². The van der Waals surface area contributed by atoms with Gasteiger partial charge < -0.3 is 20.4 Å². The second-order valence-electron chi connectivity index (χ2n) is 8.94. The number of halogens is 2. The Balaban J connectivity index is 1.59. The van der Waals surface area contributed by atoms with Crippen LogP contribution in [0.5, 0.6) is 0 Å². The van der Waals surface area contributed by atoms with Crippen molar-refractivity contribution in [2.45, 2.75) is 13.8 Å². The molecule has 2 aromatic carbocycles. The first kappa shape index (κ1) is 27.4. The van der Waals surface area contributed by atoms with E-state index in [-0.39, 0.29) is 17.5 Å². The summed E-state index contributed by atoms with van der Waals surface area (Å²) in [5, 5.41) is 6.01. The van der Waals surface area contributed by atoms with Crippen LogP contribution < -0.4 is 15.5 Å². The Kier molecular flexibility index (Phi) is 9.28. The van der Waals surface area contributed by atoms with Gasteiger partial charge in [0.1, 0.15) is 5.82 Å². The van der Waals surface area contributed by atoms with Gasteiger partial charge in [-0.15, -0.1) is 0 Å². The summed E-state index contributed by atoms with van der Waals surface area (Å²) in [4.78, 5) is 34.4. The highest BCUT2D eigenvalue weighted by molar-refractivity contribution is 6.34. The number of carbonyl (C=O) groups excluding carboxylic acids is 2. The molecule has 1 aliphatic heterocycles. The van der Waals surface area contributed by atoms with Crippen molar-refractivity contribution in [3.05, 3.63) is 52.3 Å². The molecular formula is C26H34ClFN6O2. The van der Waals surface area contributed by atoms with Crippen molar-refractivity contribution >= 4 is 46.2 Å². The lowest BCUT2D eigenvalue weighted by molar-refractivity contribution is -0.114. The van der Waals surface area contributed by atoms with Crippen LogP contribution in [0.2, 0.25) is 5.02 Å². The summed E-state index contributed by atoms with van der Waals surface area (Å²) in [5.74, 6) is -0.769. The van der Waals surface area contributed by atoms with Crippen LogP contribution in [0, 0.1) is 5.82 Å². The molecule has 1 fully saturated rings. The van der Waals surface area contributed by atoms with Crippen LogP contribution >= 0.6 is 11.6 Å². The summed E-state index contributed by atoms with van der Waals surface area (Å²) in [5.41, 5.74) is 3.87. The molecule has 0 aliphatic carbocycles. The predicted molar refractivity (Wildman–Crippen MR) is 145 cm³/mol. The van der Waals surface area contributed by atoms with E-state index < -0.39 is 5.82 Å². The quantitative estimate of drug-likeness (QED) is 0.521. The molecule has 0 bridgehead atoms. The second-order valence-corrected chi connectivity index (χ2v) is 9.35. The van der Waals surface area contributed by atoms with Gasteiger partial charge in [0.2, 0.25) is 5.91 Å². The van der Waals surface area contributed by atoms with Crippen LogP contribution in [0.15, 0.2) is 35.3 Å². The van der Waals surface area contributed by atoms with E-state index in [1.807, 2.05) is 30.0 Å². The average Bonchev–Trinajstić information content (AvgIpc) is 2.85. The minimum absolute atomic E-state index is 0.0608. The number of nitrogens with zero attached hydrogens (tertiary/aromatic N) is 4. The Bertz CT molecular complexity index is 1150. The molecular weight excluding hydrogens is 483 g/mol. The van der Waals surface area contributed by atoms with Gasteiger partial charge >= 0.3 is 0 Å². The van der Waals surface area contributed by atoms with E-state index in [0.717, 1.165) is 36.6 Å². The predicted octanol–water partition coefficient (Wildman–Crippen LogP) is 3.81.